The van der Waals surface area contributed by atoms with Crippen molar-refractivity contribution in [2.45, 2.75) is 6.61 Å². The third kappa shape index (κ3) is 5.40. The summed E-state index contributed by atoms with van der Waals surface area (Å²) >= 11 is 6.18. The van der Waals surface area contributed by atoms with Crippen molar-refractivity contribution in [3.8, 4) is 17.6 Å². The van der Waals surface area contributed by atoms with E-state index in [1.165, 1.54) is 6.08 Å². The first kappa shape index (κ1) is 21.0. The van der Waals surface area contributed by atoms with Crippen LogP contribution in [-0.2, 0) is 11.4 Å². The number of halogens is 1. The fourth-order valence-electron chi connectivity index (χ4n) is 2.68. The van der Waals surface area contributed by atoms with E-state index in [9.17, 15) is 10.1 Å². The van der Waals surface area contributed by atoms with Crippen molar-refractivity contribution in [1.29, 1.82) is 5.26 Å². The van der Waals surface area contributed by atoms with Gasteiger partial charge in [-0.25, -0.2) is 0 Å². The molecule has 0 atom stereocenters. The molecule has 3 aromatic carbocycles. The minimum atomic E-state index is -0.511. The maximum atomic E-state index is 12.5. The van der Waals surface area contributed by atoms with Crippen LogP contribution in [0.15, 0.2) is 78.4 Å². The van der Waals surface area contributed by atoms with Crippen molar-refractivity contribution < 1.29 is 14.3 Å². The Hall–Kier alpha value is -3.75. The van der Waals surface area contributed by atoms with Crippen LogP contribution in [0.5, 0.6) is 11.5 Å². The highest BCUT2D eigenvalue weighted by Gasteiger charge is 2.12. The average molecular weight is 419 g/mol. The average Bonchev–Trinajstić information content (AvgIpc) is 2.78. The number of rotatable bonds is 7. The number of hydrogen-bond donors (Lipinski definition) is 1. The summed E-state index contributed by atoms with van der Waals surface area (Å²) < 4.78 is 11.0. The Morgan fingerprint density at radius 1 is 1.07 bits per heavy atom. The molecule has 3 rings (SSSR count). The monoisotopic (exact) mass is 418 g/mol. The minimum absolute atomic E-state index is 0.0420. The molecule has 0 aliphatic rings. The van der Waals surface area contributed by atoms with Crippen molar-refractivity contribution in [2.75, 3.05) is 12.4 Å². The number of para-hydroxylation sites is 1. The quantitative estimate of drug-likeness (QED) is 0.407. The lowest BCUT2D eigenvalue weighted by Crippen LogP contribution is -2.13. The summed E-state index contributed by atoms with van der Waals surface area (Å²) in [4.78, 5) is 12.5. The topological polar surface area (TPSA) is 71.3 Å². The van der Waals surface area contributed by atoms with E-state index in [1.54, 1.807) is 49.6 Å². The number of nitrogens with zero attached hydrogens (tertiary/aromatic N) is 1. The van der Waals surface area contributed by atoms with Crippen molar-refractivity contribution in [1.82, 2.24) is 0 Å². The van der Waals surface area contributed by atoms with Crippen LogP contribution in [0.3, 0.4) is 0 Å². The van der Waals surface area contributed by atoms with E-state index in [-0.39, 0.29) is 12.2 Å². The summed E-state index contributed by atoms with van der Waals surface area (Å²) in [7, 11) is 1.56. The number of ether oxygens (including phenoxy) is 2. The normalized spacial score (nSPS) is 10.8. The summed E-state index contributed by atoms with van der Waals surface area (Å²) in [6, 6.07) is 23.4. The zero-order valence-corrected chi connectivity index (χ0v) is 17.0. The third-order valence-corrected chi connectivity index (χ3v) is 4.64. The van der Waals surface area contributed by atoms with Crippen LogP contribution in [0.1, 0.15) is 11.1 Å². The van der Waals surface area contributed by atoms with Gasteiger partial charge in [0.05, 0.1) is 7.11 Å². The van der Waals surface area contributed by atoms with Crippen LogP contribution < -0.4 is 14.8 Å². The van der Waals surface area contributed by atoms with Gasteiger partial charge in [0, 0.05) is 21.8 Å². The largest absolute Gasteiger partial charge is 0.497 e. The van der Waals surface area contributed by atoms with Crippen LogP contribution in [0.2, 0.25) is 5.02 Å². The van der Waals surface area contributed by atoms with E-state index < -0.39 is 5.91 Å². The van der Waals surface area contributed by atoms with Crippen molar-refractivity contribution >= 4 is 29.3 Å². The summed E-state index contributed by atoms with van der Waals surface area (Å²) in [5, 5.41) is 12.8. The molecule has 3 aromatic rings. The summed E-state index contributed by atoms with van der Waals surface area (Å²) in [5.41, 5.74) is 1.98. The van der Waals surface area contributed by atoms with Crippen molar-refractivity contribution in [3.05, 3.63) is 94.5 Å². The molecule has 0 saturated heterocycles. The molecule has 0 fully saturated rings. The predicted molar refractivity (Wildman–Crippen MR) is 117 cm³/mol. The number of hydrogen-bond acceptors (Lipinski definition) is 4. The molecule has 1 N–H and O–H groups in total. The second-order valence-electron chi connectivity index (χ2n) is 6.27. The van der Waals surface area contributed by atoms with E-state index in [0.29, 0.717) is 27.8 Å². The number of amides is 1. The lowest BCUT2D eigenvalue weighted by molar-refractivity contribution is -0.112. The zero-order valence-electron chi connectivity index (χ0n) is 16.3. The summed E-state index contributed by atoms with van der Waals surface area (Å²) in [5.74, 6) is 0.708. The van der Waals surface area contributed by atoms with Crippen LogP contribution in [-0.4, -0.2) is 13.0 Å². The Morgan fingerprint density at radius 3 is 2.47 bits per heavy atom. The molecule has 150 valence electrons. The number of carbonyl (C=O) groups is 1. The van der Waals surface area contributed by atoms with Gasteiger partial charge in [-0.15, -0.1) is 0 Å². The fourth-order valence-corrected chi connectivity index (χ4v) is 2.87. The molecule has 1 amide bonds. The molecular weight excluding hydrogens is 400 g/mol. The van der Waals surface area contributed by atoms with Gasteiger partial charge < -0.3 is 14.8 Å². The van der Waals surface area contributed by atoms with Crippen molar-refractivity contribution in [3.63, 3.8) is 0 Å². The van der Waals surface area contributed by atoms with Gasteiger partial charge in [-0.1, -0.05) is 48.0 Å². The third-order valence-electron chi connectivity index (χ3n) is 4.27. The number of anilines is 1. The molecule has 5 nitrogen and oxygen atoms in total. The Kier molecular flexibility index (Phi) is 7.09. The predicted octanol–water partition coefficient (Wildman–Crippen LogP) is 5.47. The number of nitriles is 1. The molecule has 6 heteroatoms. The zero-order chi connectivity index (χ0) is 21.3. The van der Waals surface area contributed by atoms with E-state index in [0.717, 1.165) is 5.56 Å². The fraction of sp³-hybridized carbons (Fsp3) is 0.0833. The van der Waals surface area contributed by atoms with Crippen LogP contribution in [0.25, 0.3) is 6.08 Å². The number of methoxy groups -OCH3 is 1. The molecule has 0 aliphatic heterocycles. The molecule has 0 bridgehead atoms. The molecule has 0 aromatic heterocycles. The van der Waals surface area contributed by atoms with Gasteiger partial charge in [0.25, 0.3) is 5.91 Å². The molecule has 30 heavy (non-hydrogen) atoms. The summed E-state index contributed by atoms with van der Waals surface area (Å²) in [6.45, 7) is 0.268. The van der Waals surface area contributed by atoms with Crippen LogP contribution in [0.4, 0.5) is 5.69 Å². The van der Waals surface area contributed by atoms with Gasteiger partial charge in [-0.2, -0.15) is 5.26 Å². The molecular formula is C24H19ClN2O3. The first-order valence-electron chi connectivity index (χ1n) is 9.13. The van der Waals surface area contributed by atoms with E-state index in [4.69, 9.17) is 21.1 Å². The number of carbonyl (C=O) groups excluding carboxylic acids is 1. The highest BCUT2D eigenvalue weighted by atomic mass is 35.5. The summed E-state index contributed by atoms with van der Waals surface area (Å²) in [6.07, 6.45) is 1.50. The van der Waals surface area contributed by atoms with Gasteiger partial charge >= 0.3 is 0 Å². The van der Waals surface area contributed by atoms with Gasteiger partial charge in [-0.3, -0.25) is 4.79 Å². The molecule has 0 aliphatic carbocycles. The number of benzene rings is 3. The lowest BCUT2D eigenvalue weighted by Gasteiger charge is -2.11. The Bertz CT molecular complexity index is 1100. The Balaban J connectivity index is 1.77. The molecule has 0 heterocycles. The SMILES string of the molecule is COc1ccc(NC(=O)/C(C#N)=C/c2ccccc2OCc2ccccc2Cl)cc1. The molecule has 0 saturated carbocycles. The van der Waals surface area contributed by atoms with Gasteiger partial charge in [0.2, 0.25) is 0 Å². The first-order chi connectivity index (χ1) is 14.6. The molecule has 0 unspecified atom stereocenters. The Morgan fingerprint density at radius 2 is 1.77 bits per heavy atom. The van der Waals surface area contributed by atoms with E-state index in [1.807, 2.05) is 36.4 Å². The number of nitrogens with one attached hydrogen (secondary N) is 1. The smallest absolute Gasteiger partial charge is 0.266 e. The highest BCUT2D eigenvalue weighted by Crippen LogP contribution is 2.24. The standard InChI is InChI=1S/C24H19ClN2O3/c1-29-21-12-10-20(11-13-21)27-24(28)19(15-26)14-17-6-3-5-9-23(17)30-16-18-7-2-4-8-22(18)25/h2-14H,16H2,1H3,(H,27,28)/b19-14+. The Labute approximate surface area is 180 Å². The van der Waals surface area contributed by atoms with Gasteiger partial charge in [0.15, 0.2) is 0 Å². The van der Waals surface area contributed by atoms with E-state index >= 15 is 0 Å². The van der Waals surface area contributed by atoms with Crippen molar-refractivity contribution in [2.24, 2.45) is 0 Å². The minimum Gasteiger partial charge on any atom is -0.497 e. The van der Waals surface area contributed by atoms with Crippen LogP contribution in [0, 0.1) is 11.3 Å². The first-order valence-corrected chi connectivity index (χ1v) is 9.51. The van der Waals surface area contributed by atoms with E-state index in [2.05, 4.69) is 5.32 Å². The second-order valence-corrected chi connectivity index (χ2v) is 6.68. The molecule has 0 spiro atoms. The molecule has 0 radical (unpaired) electrons. The lowest BCUT2D eigenvalue weighted by atomic mass is 10.1. The maximum absolute atomic E-state index is 12.5. The van der Waals surface area contributed by atoms with Gasteiger partial charge in [0.1, 0.15) is 29.7 Å². The second kappa shape index (κ2) is 10.1. The maximum Gasteiger partial charge on any atom is 0.266 e. The highest BCUT2D eigenvalue weighted by molar-refractivity contribution is 6.31. The van der Waals surface area contributed by atoms with Crippen LogP contribution >= 0.6 is 11.6 Å². The van der Waals surface area contributed by atoms with Gasteiger partial charge in [-0.05, 0) is 42.5 Å².